The minimum Gasteiger partial charge on any atom is -0.310 e. The number of allylic oxidation sites excluding steroid dienone is 1. The van der Waals surface area contributed by atoms with Gasteiger partial charge in [0.1, 0.15) is 0 Å². The van der Waals surface area contributed by atoms with Gasteiger partial charge in [0.15, 0.2) is 0 Å². The number of nitrogens with one attached hydrogen (secondary N) is 1. The van der Waals surface area contributed by atoms with Gasteiger partial charge >= 0.3 is 0 Å². The van der Waals surface area contributed by atoms with E-state index < -0.39 is 0 Å². The topological polar surface area (TPSA) is 29.9 Å². The zero-order chi connectivity index (χ0) is 9.97. The van der Waals surface area contributed by atoms with Gasteiger partial charge in [-0.1, -0.05) is 12.2 Å². The Labute approximate surface area is 84.8 Å². The normalized spacial score (nSPS) is 15.8. The van der Waals surface area contributed by atoms with Gasteiger partial charge < -0.3 is 5.32 Å². The number of nitrogens with zero attached hydrogens (tertiary/aromatic N) is 2. The Kier molecular flexibility index (Phi) is 2.68. The summed E-state index contributed by atoms with van der Waals surface area (Å²) in [7, 11) is 0. The van der Waals surface area contributed by atoms with Crippen LogP contribution in [0.2, 0.25) is 0 Å². The minimum atomic E-state index is 0.763. The first kappa shape index (κ1) is 9.46. The fourth-order valence-corrected chi connectivity index (χ4v) is 1.41. The first-order valence-electron chi connectivity index (χ1n) is 5.13. The van der Waals surface area contributed by atoms with E-state index in [1.165, 1.54) is 18.4 Å². The van der Waals surface area contributed by atoms with Crippen LogP contribution in [0.25, 0.3) is 0 Å². The average Bonchev–Trinajstić information content (AvgIpc) is 2.84. The van der Waals surface area contributed by atoms with Crippen LogP contribution in [0.15, 0.2) is 24.5 Å². The summed E-state index contributed by atoms with van der Waals surface area (Å²) >= 11 is 0. The summed E-state index contributed by atoms with van der Waals surface area (Å²) in [4.78, 5) is 0. The number of hydrogen-bond acceptors (Lipinski definition) is 2. The van der Waals surface area contributed by atoms with E-state index in [0.717, 1.165) is 24.7 Å². The molecule has 1 heterocycles. The Morgan fingerprint density at radius 1 is 1.71 bits per heavy atom. The molecule has 0 atom stereocenters. The van der Waals surface area contributed by atoms with E-state index in [4.69, 9.17) is 0 Å². The number of hydrogen-bond donors (Lipinski definition) is 1. The van der Waals surface area contributed by atoms with Crippen molar-refractivity contribution in [3.05, 3.63) is 30.1 Å². The highest BCUT2D eigenvalue weighted by Gasteiger charge is 2.19. The van der Waals surface area contributed by atoms with Gasteiger partial charge in [0.25, 0.3) is 0 Å². The van der Waals surface area contributed by atoms with Crippen molar-refractivity contribution in [1.82, 2.24) is 15.1 Å². The molecule has 1 N–H and O–H groups in total. The first-order valence-corrected chi connectivity index (χ1v) is 5.13. The van der Waals surface area contributed by atoms with E-state index in [1.54, 1.807) is 0 Å². The summed E-state index contributed by atoms with van der Waals surface area (Å²) < 4.78 is 1.94. The lowest BCUT2D eigenvalue weighted by Crippen LogP contribution is -2.14. The van der Waals surface area contributed by atoms with Crippen LogP contribution in [-0.4, -0.2) is 15.8 Å². The molecule has 0 radical (unpaired) electrons. The molecule has 1 aromatic heterocycles. The van der Waals surface area contributed by atoms with Crippen LogP contribution in [0.5, 0.6) is 0 Å². The summed E-state index contributed by atoms with van der Waals surface area (Å²) in [6.45, 7) is 7.65. The predicted octanol–water partition coefficient (Wildman–Crippen LogP) is 1.71. The Hall–Kier alpha value is -1.09. The number of aromatic nitrogens is 2. The second-order valence-corrected chi connectivity index (χ2v) is 4.16. The quantitative estimate of drug-likeness (QED) is 0.718. The lowest BCUT2D eigenvalue weighted by molar-refractivity contribution is 0.670. The van der Waals surface area contributed by atoms with Gasteiger partial charge in [-0.25, -0.2) is 0 Å². The summed E-state index contributed by atoms with van der Waals surface area (Å²) in [5.41, 5.74) is 2.40. The van der Waals surface area contributed by atoms with Crippen molar-refractivity contribution in [3.63, 3.8) is 0 Å². The Morgan fingerprint density at radius 2 is 2.50 bits per heavy atom. The van der Waals surface area contributed by atoms with Crippen molar-refractivity contribution in [1.29, 1.82) is 0 Å². The molecule has 0 amide bonds. The van der Waals surface area contributed by atoms with Gasteiger partial charge in [-0.05, 0) is 19.8 Å². The molecule has 1 aliphatic rings. The van der Waals surface area contributed by atoms with Crippen LogP contribution in [0.3, 0.4) is 0 Å². The molecule has 1 aliphatic carbocycles. The van der Waals surface area contributed by atoms with Crippen LogP contribution >= 0.6 is 0 Å². The van der Waals surface area contributed by atoms with Gasteiger partial charge in [0.05, 0.1) is 12.7 Å². The summed E-state index contributed by atoms with van der Waals surface area (Å²) in [6, 6.07) is 0.763. The Bertz CT molecular complexity index is 323. The van der Waals surface area contributed by atoms with E-state index in [-0.39, 0.29) is 0 Å². The smallest absolute Gasteiger partial charge is 0.0614 e. The molecule has 3 heteroatoms. The van der Waals surface area contributed by atoms with Gasteiger partial charge in [0, 0.05) is 24.3 Å². The van der Waals surface area contributed by atoms with Crippen molar-refractivity contribution >= 4 is 0 Å². The van der Waals surface area contributed by atoms with Crippen molar-refractivity contribution in [2.75, 3.05) is 0 Å². The third-order valence-corrected chi connectivity index (χ3v) is 2.29. The Morgan fingerprint density at radius 3 is 3.14 bits per heavy atom. The maximum atomic E-state index is 4.27. The third-order valence-electron chi connectivity index (χ3n) is 2.29. The highest BCUT2D eigenvalue weighted by atomic mass is 15.3. The van der Waals surface area contributed by atoms with E-state index in [9.17, 15) is 0 Å². The molecule has 1 fully saturated rings. The second-order valence-electron chi connectivity index (χ2n) is 4.16. The van der Waals surface area contributed by atoms with Crippen LogP contribution in [0, 0.1) is 0 Å². The van der Waals surface area contributed by atoms with Crippen LogP contribution < -0.4 is 5.32 Å². The Balaban J connectivity index is 1.84. The first-order chi connectivity index (χ1) is 6.74. The zero-order valence-corrected chi connectivity index (χ0v) is 8.66. The zero-order valence-electron chi connectivity index (χ0n) is 8.66. The highest BCUT2D eigenvalue weighted by Crippen LogP contribution is 2.19. The molecule has 3 nitrogen and oxygen atoms in total. The average molecular weight is 191 g/mol. The van der Waals surface area contributed by atoms with E-state index >= 15 is 0 Å². The summed E-state index contributed by atoms with van der Waals surface area (Å²) in [6.07, 6.45) is 6.68. The van der Waals surface area contributed by atoms with Crippen LogP contribution in [0.4, 0.5) is 0 Å². The SMILES string of the molecule is C=C(C)Cn1cc(CNC2CC2)cn1. The monoisotopic (exact) mass is 191 g/mol. The molecular formula is C11H17N3. The molecule has 76 valence electrons. The maximum Gasteiger partial charge on any atom is 0.0614 e. The van der Waals surface area contributed by atoms with Gasteiger partial charge in [-0.15, -0.1) is 0 Å². The molecule has 0 aliphatic heterocycles. The largest absolute Gasteiger partial charge is 0.310 e. The molecule has 2 rings (SSSR count). The number of rotatable bonds is 5. The third kappa shape index (κ3) is 2.70. The van der Waals surface area contributed by atoms with Crippen LogP contribution in [0.1, 0.15) is 25.3 Å². The van der Waals surface area contributed by atoms with Crippen molar-refractivity contribution in [3.8, 4) is 0 Å². The minimum absolute atomic E-state index is 0.763. The van der Waals surface area contributed by atoms with Crippen molar-refractivity contribution in [2.24, 2.45) is 0 Å². The second kappa shape index (κ2) is 3.96. The molecule has 1 aromatic rings. The molecule has 0 unspecified atom stereocenters. The van der Waals surface area contributed by atoms with Gasteiger partial charge in [-0.3, -0.25) is 4.68 Å². The molecule has 0 aromatic carbocycles. The standard InChI is InChI=1S/C11H17N3/c1-9(2)7-14-8-10(6-13-14)5-12-11-3-4-11/h6,8,11-12H,1,3-5,7H2,2H3. The highest BCUT2D eigenvalue weighted by molar-refractivity contribution is 5.05. The molecule has 0 spiro atoms. The molecular weight excluding hydrogens is 174 g/mol. The van der Waals surface area contributed by atoms with E-state index in [1.807, 2.05) is 17.8 Å². The lowest BCUT2D eigenvalue weighted by Gasteiger charge is -1.99. The van der Waals surface area contributed by atoms with Gasteiger partial charge in [-0.2, -0.15) is 5.10 Å². The maximum absolute atomic E-state index is 4.27. The van der Waals surface area contributed by atoms with Gasteiger partial charge in [0.2, 0.25) is 0 Å². The van der Waals surface area contributed by atoms with E-state index in [0.29, 0.717) is 0 Å². The fourth-order valence-electron chi connectivity index (χ4n) is 1.41. The summed E-state index contributed by atoms with van der Waals surface area (Å²) in [5, 5.41) is 7.73. The molecule has 0 bridgehead atoms. The van der Waals surface area contributed by atoms with Crippen molar-refractivity contribution in [2.45, 2.75) is 38.9 Å². The molecule has 1 saturated carbocycles. The fraction of sp³-hybridized carbons (Fsp3) is 0.545. The van der Waals surface area contributed by atoms with Crippen LogP contribution in [-0.2, 0) is 13.1 Å². The molecule has 14 heavy (non-hydrogen) atoms. The van der Waals surface area contributed by atoms with Crippen molar-refractivity contribution < 1.29 is 0 Å². The summed E-state index contributed by atoms with van der Waals surface area (Å²) in [5.74, 6) is 0. The predicted molar refractivity (Wildman–Crippen MR) is 56.9 cm³/mol. The lowest BCUT2D eigenvalue weighted by atomic mass is 10.3. The molecule has 0 saturated heterocycles. The van der Waals surface area contributed by atoms with E-state index in [2.05, 4.69) is 23.2 Å².